The number of hydrogen-bond donors (Lipinski definition) is 2. The van der Waals surface area contributed by atoms with E-state index >= 15 is 8.78 Å². The summed E-state index contributed by atoms with van der Waals surface area (Å²) < 4.78 is 60.3. The summed E-state index contributed by atoms with van der Waals surface area (Å²) in [6.07, 6.45) is 0.418. The minimum atomic E-state index is -0.809. The molecule has 1 aromatic heterocycles. The fraction of sp³-hybridized carbons (Fsp3) is 0.233. The Balaban J connectivity index is 1.29. The molecule has 1 fully saturated rings. The number of thiazole rings is 1. The Morgan fingerprint density at radius 2 is 1.84 bits per heavy atom. The zero-order valence-electron chi connectivity index (χ0n) is 22.7. The number of ether oxygens (including phenoxy) is 3. The van der Waals surface area contributed by atoms with Crippen molar-refractivity contribution in [1.82, 2.24) is 4.98 Å². The molecule has 1 atom stereocenters. The van der Waals surface area contributed by atoms with Gasteiger partial charge in [-0.2, -0.15) is 0 Å². The molecule has 8 nitrogen and oxygen atoms in total. The molecule has 0 bridgehead atoms. The van der Waals surface area contributed by atoms with Crippen LogP contribution < -0.4 is 15.4 Å². The third kappa shape index (κ3) is 7.27. The molecule has 0 radical (unpaired) electrons. The molecule has 224 valence electrons. The van der Waals surface area contributed by atoms with Gasteiger partial charge in [-0.15, -0.1) is 11.3 Å². The number of rotatable bonds is 11. The van der Waals surface area contributed by atoms with Crippen LogP contribution in [0.1, 0.15) is 27.9 Å². The quantitative estimate of drug-likeness (QED) is 0.179. The Hall–Kier alpha value is -4.13. The van der Waals surface area contributed by atoms with Crippen LogP contribution in [0.3, 0.4) is 0 Å². The van der Waals surface area contributed by atoms with Crippen LogP contribution in [0.4, 0.5) is 24.5 Å². The monoisotopic (exact) mass is 631 g/mol. The van der Waals surface area contributed by atoms with Gasteiger partial charge in [-0.05, 0) is 48.9 Å². The fourth-order valence-corrected chi connectivity index (χ4v) is 5.19. The zero-order chi connectivity index (χ0) is 30.5. The lowest BCUT2D eigenvalue weighted by Gasteiger charge is -2.27. The van der Waals surface area contributed by atoms with Gasteiger partial charge < -0.3 is 24.8 Å². The van der Waals surface area contributed by atoms with E-state index in [9.17, 15) is 14.0 Å². The number of nitrogens with zero attached hydrogens (tertiary/aromatic N) is 1. The van der Waals surface area contributed by atoms with E-state index in [1.165, 1.54) is 43.0 Å². The molecule has 0 saturated carbocycles. The second-order valence-electron chi connectivity index (χ2n) is 9.57. The second kappa shape index (κ2) is 13.4. The van der Waals surface area contributed by atoms with E-state index in [2.05, 4.69) is 15.6 Å². The standard InChI is InChI=1S/C30H25ClF3N3O5S/c1-40-30(39)16-3-5-25(26(9-16)35-13-20-6-7-41-20)37-27(38)10-18-8-24(34)21(12-23(18)33)28-29(36-15-43-28)42-14-17-2-4-19(31)11-22(17)32/h2-5,8-9,11-12,15,20,35H,6-7,10,13-14H2,1H3,(H,37,38)/t20-/m0/s1. The predicted octanol–water partition coefficient (Wildman–Crippen LogP) is 6.63. The molecular weight excluding hydrogens is 607 g/mol. The van der Waals surface area contributed by atoms with Crippen LogP contribution >= 0.6 is 22.9 Å². The first-order valence-electron chi connectivity index (χ1n) is 13.1. The number of halogens is 4. The maximum Gasteiger partial charge on any atom is 0.337 e. The van der Waals surface area contributed by atoms with E-state index in [4.69, 9.17) is 25.8 Å². The highest BCUT2D eigenvalue weighted by atomic mass is 35.5. The SMILES string of the molecule is COC(=O)c1ccc(NC(=O)Cc2cc(F)c(-c3scnc3OCc3ccc(Cl)cc3F)cc2F)c(NC[C@@H]2CCO2)c1. The largest absolute Gasteiger partial charge is 0.472 e. The molecule has 0 unspecified atom stereocenters. The highest BCUT2D eigenvalue weighted by Crippen LogP contribution is 2.37. The number of methoxy groups -OCH3 is 1. The number of aromatic nitrogens is 1. The first-order valence-corrected chi connectivity index (χ1v) is 14.3. The van der Waals surface area contributed by atoms with Crippen molar-refractivity contribution < 1.29 is 37.0 Å². The molecule has 2 N–H and O–H groups in total. The normalized spacial score (nSPS) is 14.1. The van der Waals surface area contributed by atoms with E-state index in [0.717, 1.165) is 36.0 Å². The van der Waals surface area contributed by atoms with Crippen LogP contribution in [0.5, 0.6) is 5.88 Å². The Morgan fingerprint density at radius 3 is 2.56 bits per heavy atom. The van der Waals surface area contributed by atoms with E-state index in [1.807, 2.05) is 0 Å². The molecular formula is C30H25ClF3N3O5S. The predicted molar refractivity (Wildman–Crippen MR) is 156 cm³/mol. The molecule has 1 amide bonds. The maximum atomic E-state index is 15.2. The van der Waals surface area contributed by atoms with Gasteiger partial charge in [-0.3, -0.25) is 4.79 Å². The molecule has 3 aromatic carbocycles. The van der Waals surface area contributed by atoms with Crippen LogP contribution in [0.25, 0.3) is 10.4 Å². The van der Waals surface area contributed by atoms with Crippen molar-refractivity contribution in [1.29, 1.82) is 0 Å². The number of benzene rings is 3. The van der Waals surface area contributed by atoms with Crippen LogP contribution in [0.2, 0.25) is 5.02 Å². The van der Waals surface area contributed by atoms with Gasteiger partial charge in [0.1, 0.15) is 28.9 Å². The molecule has 2 heterocycles. The van der Waals surface area contributed by atoms with Gasteiger partial charge in [-0.1, -0.05) is 17.7 Å². The van der Waals surface area contributed by atoms with Crippen LogP contribution in [-0.4, -0.2) is 43.2 Å². The first-order chi connectivity index (χ1) is 20.7. The van der Waals surface area contributed by atoms with Crippen molar-refractivity contribution in [3.05, 3.63) is 93.2 Å². The summed E-state index contributed by atoms with van der Waals surface area (Å²) in [6.45, 7) is 0.916. The number of carbonyl (C=O) groups excluding carboxylic acids is 2. The number of nitrogens with one attached hydrogen (secondary N) is 2. The lowest BCUT2D eigenvalue weighted by molar-refractivity contribution is -0.115. The molecule has 13 heteroatoms. The van der Waals surface area contributed by atoms with E-state index < -0.39 is 35.7 Å². The van der Waals surface area contributed by atoms with Crippen molar-refractivity contribution in [2.24, 2.45) is 0 Å². The van der Waals surface area contributed by atoms with E-state index in [0.29, 0.717) is 24.5 Å². The highest BCUT2D eigenvalue weighted by Gasteiger charge is 2.22. The highest BCUT2D eigenvalue weighted by molar-refractivity contribution is 7.13. The maximum absolute atomic E-state index is 15.2. The minimum absolute atomic E-state index is 0.00369. The van der Waals surface area contributed by atoms with Gasteiger partial charge in [0.05, 0.1) is 42.1 Å². The smallest absolute Gasteiger partial charge is 0.337 e. The minimum Gasteiger partial charge on any atom is -0.472 e. The summed E-state index contributed by atoms with van der Waals surface area (Å²) in [5.74, 6) is -3.32. The summed E-state index contributed by atoms with van der Waals surface area (Å²) >= 11 is 6.80. The number of hydrogen-bond acceptors (Lipinski definition) is 8. The van der Waals surface area contributed by atoms with Crippen molar-refractivity contribution in [2.75, 3.05) is 30.9 Å². The summed E-state index contributed by atoms with van der Waals surface area (Å²) in [7, 11) is 1.26. The fourth-order valence-electron chi connectivity index (χ4n) is 4.28. The lowest BCUT2D eigenvalue weighted by Crippen LogP contribution is -2.33. The Labute approximate surface area is 253 Å². The Kier molecular flexibility index (Phi) is 9.49. The van der Waals surface area contributed by atoms with E-state index in [-0.39, 0.29) is 50.7 Å². The average Bonchev–Trinajstić information content (AvgIpc) is 3.42. The Bertz CT molecular complexity index is 1660. The van der Waals surface area contributed by atoms with Crippen LogP contribution in [0, 0.1) is 17.5 Å². The summed E-state index contributed by atoms with van der Waals surface area (Å²) in [4.78, 5) is 29.2. The summed E-state index contributed by atoms with van der Waals surface area (Å²) in [5.41, 5.74) is 2.40. The molecule has 4 aromatic rings. The molecule has 0 spiro atoms. The zero-order valence-corrected chi connectivity index (χ0v) is 24.3. The number of esters is 1. The van der Waals surface area contributed by atoms with Crippen LogP contribution in [0.15, 0.2) is 54.0 Å². The number of amides is 1. The van der Waals surface area contributed by atoms with Gasteiger partial charge in [0.25, 0.3) is 0 Å². The third-order valence-electron chi connectivity index (χ3n) is 6.67. The van der Waals surface area contributed by atoms with Gasteiger partial charge in [0.2, 0.25) is 11.8 Å². The summed E-state index contributed by atoms with van der Waals surface area (Å²) in [5, 5.41) is 6.08. The van der Waals surface area contributed by atoms with Gasteiger partial charge in [0.15, 0.2) is 0 Å². The average molecular weight is 632 g/mol. The van der Waals surface area contributed by atoms with Crippen molar-refractivity contribution >= 4 is 46.2 Å². The van der Waals surface area contributed by atoms with Crippen molar-refractivity contribution in [2.45, 2.75) is 25.6 Å². The topological polar surface area (TPSA) is 98.8 Å². The second-order valence-corrected chi connectivity index (χ2v) is 10.9. The van der Waals surface area contributed by atoms with Gasteiger partial charge >= 0.3 is 5.97 Å². The lowest BCUT2D eigenvalue weighted by atomic mass is 10.1. The first kappa shape index (κ1) is 30.3. The number of anilines is 2. The molecule has 1 aliphatic rings. The van der Waals surface area contributed by atoms with Gasteiger partial charge in [0, 0.05) is 34.9 Å². The van der Waals surface area contributed by atoms with E-state index in [1.54, 1.807) is 0 Å². The molecule has 43 heavy (non-hydrogen) atoms. The van der Waals surface area contributed by atoms with Crippen molar-refractivity contribution in [3.8, 4) is 16.3 Å². The Morgan fingerprint density at radius 1 is 1.05 bits per heavy atom. The molecule has 5 rings (SSSR count). The number of carbonyl (C=O) groups is 2. The molecule has 0 aliphatic carbocycles. The van der Waals surface area contributed by atoms with Crippen molar-refractivity contribution in [3.63, 3.8) is 0 Å². The molecule has 1 aliphatic heterocycles. The summed E-state index contributed by atoms with van der Waals surface area (Å²) in [6, 6.07) is 10.6. The van der Waals surface area contributed by atoms with Crippen LogP contribution in [-0.2, 0) is 27.3 Å². The van der Waals surface area contributed by atoms with Gasteiger partial charge in [-0.25, -0.2) is 22.9 Å². The molecule has 1 saturated heterocycles. The third-order valence-corrected chi connectivity index (χ3v) is 7.75.